The number of benzene rings is 1. The molecule has 0 heterocycles. The number of nitrogens with two attached hydrogens (primary N) is 1. The molecule has 1 aromatic rings. The average Bonchev–Trinajstić information content (AvgIpc) is 2.34. The Morgan fingerprint density at radius 3 is 2.44 bits per heavy atom. The first kappa shape index (κ1) is 15.8. The van der Waals surface area contributed by atoms with E-state index in [9.17, 15) is 5.11 Å². The van der Waals surface area contributed by atoms with Crippen molar-refractivity contribution in [1.82, 2.24) is 0 Å². The van der Waals surface area contributed by atoms with E-state index in [1.54, 1.807) is 12.1 Å². The third kappa shape index (κ3) is 4.13. The van der Waals surface area contributed by atoms with Gasteiger partial charge >= 0.3 is 0 Å². The van der Waals surface area contributed by atoms with Gasteiger partial charge in [0.25, 0.3) is 0 Å². The van der Waals surface area contributed by atoms with E-state index in [-0.39, 0.29) is 5.92 Å². The van der Waals surface area contributed by atoms with Crippen molar-refractivity contribution in [2.75, 3.05) is 6.54 Å². The van der Waals surface area contributed by atoms with E-state index in [1.165, 1.54) is 0 Å². The van der Waals surface area contributed by atoms with Crippen molar-refractivity contribution in [3.63, 3.8) is 0 Å². The number of aliphatic hydroxyl groups is 1. The molecule has 0 aliphatic rings. The van der Waals surface area contributed by atoms with Crippen LogP contribution in [-0.2, 0) is 0 Å². The van der Waals surface area contributed by atoms with Crippen LogP contribution in [0.15, 0.2) is 18.2 Å². The molecule has 3 atom stereocenters. The maximum absolute atomic E-state index is 10.3. The summed E-state index contributed by atoms with van der Waals surface area (Å²) >= 11 is 11.9. The largest absolute Gasteiger partial charge is 0.392 e. The molecular weight excluding hydrogens is 269 g/mol. The zero-order valence-electron chi connectivity index (χ0n) is 10.9. The van der Waals surface area contributed by atoms with E-state index in [4.69, 9.17) is 28.9 Å². The molecule has 0 spiro atoms. The molecule has 0 aliphatic heterocycles. The first-order valence-electron chi connectivity index (χ1n) is 6.32. The molecule has 3 unspecified atom stereocenters. The highest BCUT2D eigenvalue weighted by Crippen LogP contribution is 2.29. The summed E-state index contributed by atoms with van der Waals surface area (Å²) in [5.74, 6) is 0.394. The summed E-state index contributed by atoms with van der Waals surface area (Å²) in [4.78, 5) is 0. The van der Waals surface area contributed by atoms with Gasteiger partial charge in [0.15, 0.2) is 0 Å². The monoisotopic (exact) mass is 289 g/mol. The van der Waals surface area contributed by atoms with Crippen molar-refractivity contribution in [2.45, 2.75) is 38.7 Å². The molecule has 1 rings (SSSR count). The Balaban J connectivity index is 2.84. The molecular formula is C14H21Cl2NO. The number of hydrogen-bond donors (Lipinski definition) is 2. The Hall–Kier alpha value is -0.280. The van der Waals surface area contributed by atoms with Crippen LogP contribution in [0.2, 0.25) is 10.0 Å². The Morgan fingerprint density at radius 1 is 1.28 bits per heavy atom. The summed E-state index contributed by atoms with van der Waals surface area (Å²) in [6, 6.07) is 5.42. The Labute approximate surface area is 119 Å². The van der Waals surface area contributed by atoms with E-state index >= 15 is 0 Å². The summed E-state index contributed by atoms with van der Waals surface area (Å²) in [6.07, 6.45) is 1.36. The fourth-order valence-corrected chi connectivity index (χ4v) is 2.31. The van der Waals surface area contributed by atoms with Gasteiger partial charge in [0.2, 0.25) is 0 Å². The average molecular weight is 290 g/mol. The van der Waals surface area contributed by atoms with E-state index < -0.39 is 6.10 Å². The van der Waals surface area contributed by atoms with Crippen molar-refractivity contribution in [2.24, 2.45) is 11.7 Å². The van der Waals surface area contributed by atoms with Crippen molar-refractivity contribution < 1.29 is 5.11 Å². The minimum Gasteiger partial charge on any atom is -0.392 e. The molecule has 0 aromatic heterocycles. The van der Waals surface area contributed by atoms with Gasteiger partial charge in [0.1, 0.15) is 0 Å². The zero-order chi connectivity index (χ0) is 13.7. The summed E-state index contributed by atoms with van der Waals surface area (Å²) in [5.41, 5.74) is 6.72. The molecule has 0 amide bonds. The maximum Gasteiger partial charge on any atom is 0.0623 e. The van der Waals surface area contributed by atoms with E-state index in [0.717, 1.165) is 18.4 Å². The molecule has 0 saturated carbocycles. The molecule has 3 N–H and O–H groups in total. The standard InChI is InChI=1S/C14H21Cl2NO/c1-3-9(2)6-14(18)11(8-17)10-4-5-12(15)13(16)7-10/h4-5,7,9,11,14,18H,3,6,8,17H2,1-2H3. The van der Waals surface area contributed by atoms with Crippen LogP contribution in [0.3, 0.4) is 0 Å². The van der Waals surface area contributed by atoms with Crippen molar-refractivity contribution in [3.8, 4) is 0 Å². The molecule has 0 bridgehead atoms. The second kappa shape index (κ2) is 7.34. The number of aliphatic hydroxyl groups excluding tert-OH is 1. The number of hydrogen-bond acceptors (Lipinski definition) is 2. The first-order valence-corrected chi connectivity index (χ1v) is 7.08. The topological polar surface area (TPSA) is 46.2 Å². The van der Waals surface area contributed by atoms with Crippen LogP contribution in [0.4, 0.5) is 0 Å². The third-order valence-corrected chi connectivity index (χ3v) is 4.17. The lowest BCUT2D eigenvalue weighted by molar-refractivity contribution is 0.118. The molecule has 0 aliphatic carbocycles. The quantitative estimate of drug-likeness (QED) is 0.836. The molecule has 102 valence electrons. The van der Waals surface area contributed by atoms with Crippen LogP contribution < -0.4 is 5.73 Å². The van der Waals surface area contributed by atoms with Gasteiger partial charge in [-0.1, -0.05) is 49.5 Å². The van der Waals surface area contributed by atoms with Gasteiger partial charge in [0, 0.05) is 12.5 Å². The summed E-state index contributed by atoms with van der Waals surface area (Å²) in [7, 11) is 0. The van der Waals surface area contributed by atoms with Gasteiger partial charge in [-0.2, -0.15) is 0 Å². The maximum atomic E-state index is 10.3. The van der Waals surface area contributed by atoms with Crippen LogP contribution >= 0.6 is 23.2 Å². The SMILES string of the molecule is CCC(C)CC(O)C(CN)c1ccc(Cl)c(Cl)c1. The molecule has 0 saturated heterocycles. The normalized spacial score (nSPS) is 16.3. The fraction of sp³-hybridized carbons (Fsp3) is 0.571. The highest BCUT2D eigenvalue weighted by molar-refractivity contribution is 6.42. The van der Waals surface area contributed by atoms with Crippen LogP contribution in [-0.4, -0.2) is 17.8 Å². The Kier molecular flexibility index (Phi) is 6.44. The molecule has 0 fully saturated rings. The van der Waals surface area contributed by atoms with Gasteiger partial charge < -0.3 is 10.8 Å². The zero-order valence-corrected chi connectivity index (χ0v) is 12.4. The summed E-state index contributed by atoms with van der Waals surface area (Å²) in [6.45, 7) is 4.65. The molecule has 2 nitrogen and oxygen atoms in total. The van der Waals surface area contributed by atoms with Crippen molar-refractivity contribution >= 4 is 23.2 Å². The first-order chi connectivity index (χ1) is 8.49. The van der Waals surface area contributed by atoms with Crippen molar-refractivity contribution in [3.05, 3.63) is 33.8 Å². The summed E-state index contributed by atoms with van der Waals surface area (Å²) < 4.78 is 0. The predicted molar refractivity (Wildman–Crippen MR) is 78.3 cm³/mol. The lowest BCUT2D eigenvalue weighted by atomic mass is 9.87. The fourth-order valence-electron chi connectivity index (χ4n) is 2.00. The van der Waals surface area contributed by atoms with E-state index in [2.05, 4.69) is 13.8 Å². The van der Waals surface area contributed by atoms with Gasteiger partial charge in [-0.25, -0.2) is 0 Å². The lowest BCUT2D eigenvalue weighted by Gasteiger charge is -2.24. The smallest absolute Gasteiger partial charge is 0.0623 e. The van der Waals surface area contributed by atoms with Crippen LogP contribution in [0.5, 0.6) is 0 Å². The Morgan fingerprint density at radius 2 is 1.94 bits per heavy atom. The van der Waals surface area contributed by atoms with Gasteiger partial charge in [0.05, 0.1) is 16.1 Å². The highest BCUT2D eigenvalue weighted by Gasteiger charge is 2.22. The van der Waals surface area contributed by atoms with Crippen LogP contribution in [0.25, 0.3) is 0 Å². The number of halogens is 2. The molecule has 0 radical (unpaired) electrons. The van der Waals surface area contributed by atoms with Gasteiger partial charge in [-0.3, -0.25) is 0 Å². The van der Waals surface area contributed by atoms with Crippen molar-refractivity contribution in [1.29, 1.82) is 0 Å². The minimum absolute atomic E-state index is 0.0891. The van der Waals surface area contributed by atoms with E-state index in [1.807, 2.05) is 6.07 Å². The van der Waals surface area contributed by atoms with Crippen LogP contribution in [0, 0.1) is 5.92 Å². The number of rotatable bonds is 6. The molecule has 1 aromatic carbocycles. The lowest BCUT2D eigenvalue weighted by Crippen LogP contribution is -2.27. The van der Waals surface area contributed by atoms with E-state index in [0.29, 0.717) is 22.5 Å². The minimum atomic E-state index is -0.442. The van der Waals surface area contributed by atoms with Gasteiger partial charge in [-0.05, 0) is 30.0 Å². The summed E-state index contributed by atoms with van der Waals surface area (Å²) in [5, 5.41) is 11.3. The second-order valence-electron chi connectivity index (χ2n) is 4.83. The third-order valence-electron chi connectivity index (χ3n) is 3.43. The highest BCUT2D eigenvalue weighted by atomic mass is 35.5. The second-order valence-corrected chi connectivity index (χ2v) is 5.65. The molecule has 4 heteroatoms. The van der Waals surface area contributed by atoms with Crippen LogP contribution in [0.1, 0.15) is 38.2 Å². The van der Waals surface area contributed by atoms with Gasteiger partial charge in [-0.15, -0.1) is 0 Å². The molecule has 18 heavy (non-hydrogen) atoms. The Bertz CT molecular complexity index is 384. The predicted octanol–water partition coefficient (Wildman–Crippen LogP) is 3.83.